The fourth-order valence-corrected chi connectivity index (χ4v) is 8.03. The molecule has 0 amide bonds. The van der Waals surface area contributed by atoms with E-state index in [0.29, 0.717) is 0 Å². The summed E-state index contributed by atoms with van der Waals surface area (Å²) < 4.78 is 0. The van der Waals surface area contributed by atoms with Gasteiger partial charge in [-0.1, -0.05) is 146 Å². The molecule has 0 aliphatic heterocycles. The highest BCUT2D eigenvalue weighted by molar-refractivity contribution is 6.40. The highest BCUT2D eigenvalue weighted by atomic mass is 14.4. The maximum Gasteiger partial charge on any atom is -0.0000933 e. The molecule has 0 heterocycles. The Morgan fingerprint density at radius 2 is 0.860 bits per heavy atom. The van der Waals surface area contributed by atoms with Crippen LogP contribution in [0, 0.1) is 0 Å². The Morgan fingerprint density at radius 3 is 1.53 bits per heavy atom. The van der Waals surface area contributed by atoms with E-state index in [2.05, 4.69) is 146 Å². The predicted octanol–water partition coefficient (Wildman–Crippen LogP) is 11.0. The van der Waals surface area contributed by atoms with Crippen LogP contribution in [0.15, 0.2) is 140 Å². The van der Waals surface area contributed by atoms with Gasteiger partial charge in [-0.05, 0) is 106 Å². The van der Waals surface area contributed by atoms with Crippen molar-refractivity contribution in [1.29, 1.82) is 0 Å². The molecule has 0 nitrogen and oxygen atoms in total. The lowest BCUT2D eigenvalue weighted by Crippen LogP contribution is -1.97. The minimum atomic E-state index is 1.000. The Balaban J connectivity index is 1.46. The average molecular weight is 543 g/mol. The number of hydrogen-bond acceptors (Lipinski definition) is 0. The molecule has 7 aromatic carbocycles. The Morgan fingerprint density at radius 1 is 0.349 bits per heavy atom. The lowest BCUT2D eigenvalue weighted by molar-refractivity contribution is 1.30. The summed E-state index contributed by atoms with van der Waals surface area (Å²) in [4.78, 5) is 0. The highest BCUT2D eigenvalue weighted by Gasteiger charge is 2.40. The fraction of sp³-hybridized carbons (Fsp3) is 0.0233. The van der Waals surface area contributed by atoms with Crippen LogP contribution in [0.5, 0.6) is 0 Å². The molecule has 0 fully saturated rings. The molecule has 198 valence electrons. The third kappa shape index (κ3) is 3.05. The second kappa shape index (κ2) is 8.53. The number of fused-ring (bicyclic) bond motifs is 11. The summed E-state index contributed by atoms with van der Waals surface area (Å²) >= 11 is 0. The molecule has 0 atom stereocenters. The van der Waals surface area contributed by atoms with Crippen molar-refractivity contribution in [1.82, 2.24) is 0 Å². The van der Waals surface area contributed by atoms with E-state index in [1.54, 1.807) is 0 Å². The SMILES string of the molecule is C1=Cc2c(cccc2C2=C3C(=C(c4cccc5ccccc45)c4ccc5ccccc5c43)c3c2ccc2ccccc32)C1. The van der Waals surface area contributed by atoms with Gasteiger partial charge in [-0.25, -0.2) is 0 Å². The normalized spacial score (nSPS) is 14.6. The number of hydrogen-bond donors (Lipinski definition) is 0. The van der Waals surface area contributed by atoms with Crippen molar-refractivity contribution >= 4 is 60.7 Å². The van der Waals surface area contributed by atoms with Crippen LogP contribution in [0.1, 0.15) is 44.5 Å². The Labute approximate surface area is 250 Å². The molecule has 3 aliphatic rings. The quantitative estimate of drug-likeness (QED) is 0.204. The van der Waals surface area contributed by atoms with Crippen molar-refractivity contribution in [2.45, 2.75) is 6.42 Å². The van der Waals surface area contributed by atoms with Crippen LogP contribution in [0.25, 0.3) is 60.7 Å². The molecular formula is C43H26. The van der Waals surface area contributed by atoms with Crippen molar-refractivity contribution in [2.75, 3.05) is 0 Å². The van der Waals surface area contributed by atoms with Gasteiger partial charge in [0.2, 0.25) is 0 Å². The van der Waals surface area contributed by atoms with Crippen molar-refractivity contribution in [3.8, 4) is 0 Å². The standard InChI is InChI=1S/C43H26/c1-4-16-30-26(10-1)14-8-20-34(30)40-36-24-22-28-11-2-5-17-32(28)38(36)43-41(35-21-9-15-27-13-7-19-31(27)35)37-25-23-29-12-3-6-18-33(29)39(37)42(40)43/h1-12,14-25H,13H2. The number of benzene rings is 7. The molecule has 0 spiro atoms. The molecule has 0 saturated carbocycles. The van der Waals surface area contributed by atoms with Gasteiger partial charge in [-0.2, -0.15) is 0 Å². The molecule has 10 rings (SSSR count). The third-order valence-electron chi connectivity index (χ3n) is 9.79. The molecule has 7 aromatic rings. The third-order valence-corrected chi connectivity index (χ3v) is 9.79. The van der Waals surface area contributed by atoms with Gasteiger partial charge in [0.25, 0.3) is 0 Å². The maximum atomic E-state index is 2.38. The Kier molecular flexibility index (Phi) is 4.59. The zero-order valence-electron chi connectivity index (χ0n) is 23.6. The molecule has 43 heavy (non-hydrogen) atoms. The van der Waals surface area contributed by atoms with Gasteiger partial charge in [0.15, 0.2) is 0 Å². The highest BCUT2D eigenvalue weighted by Crippen LogP contribution is 2.61. The van der Waals surface area contributed by atoms with Crippen LogP contribution in [0.2, 0.25) is 0 Å². The van der Waals surface area contributed by atoms with Crippen LogP contribution < -0.4 is 0 Å². The maximum absolute atomic E-state index is 2.38. The lowest BCUT2D eigenvalue weighted by atomic mass is 9.86. The molecule has 0 radical (unpaired) electrons. The summed E-state index contributed by atoms with van der Waals surface area (Å²) in [5.41, 5.74) is 16.3. The van der Waals surface area contributed by atoms with Crippen molar-refractivity contribution < 1.29 is 0 Å². The first kappa shape index (κ1) is 23.1. The molecule has 0 bridgehead atoms. The van der Waals surface area contributed by atoms with E-state index in [1.807, 2.05) is 0 Å². The smallest absolute Gasteiger partial charge is 0.0000933 e. The second-order valence-corrected chi connectivity index (χ2v) is 11.9. The van der Waals surface area contributed by atoms with E-state index in [1.165, 1.54) is 99.1 Å². The monoisotopic (exact) mass is 542 g/mol. The molecule has 0 saturated heterocycles. The first-order chi connectivity index (χ1) is 21.4. The topological polar surface area (TPSA) is 0 Å². The van der Waals surface area contributed by atoms with E-state index < -0.39 is 0 Å². The van der Waals surface area contributed by atoms with Crippen LogP contribution in [-0.4, -0.2) is 0 Å². The first-order valence-corrected chi connectivity index (χ1v) is 15.2. The summed E-state index contributed by atoms with van der Waals surface area (Å²) in [7, 11) is 0. The van der Waals surface area contributed by atoms with E-state index in [-0.39, 0.29) is 0 Å². The molecule has 0 unspecified atom stereocenters. The summed E-state index contributed by atoms with van der Waals surface area (Å²) in [5, 5.41) is 7.78. The first-order valence-electron chi connectivity index (χ1n) is 15.2. The van der Waals surface area contributed by atoms with Gasteiger partial charge in [-0.15, -0.1) is 0 Å². The molecular weight excluding hydrogens is 516 g/mol. The van der Waals surface area contributed by atoms with E-state index in [0.717, 1.165) is 6.42 Å². The fourth-order valence-electron chi connectivity index (χ4n) is 8.03. The zero-order valence-corrected chi connectivity index (χ0v) is 23.6. The number of allylic oxidation sites excluding steroid dienone is 3. The number of rotatable bonds is 2. The minimum absolute atomic E-state index is 1.000. The van der Waals surface area contributed by atoms with Crippen LogP contribution in [0.4, 0.5) is 0 Å². The van der Waals surface area contributed by atoms with Crippen LogP contribution in [0.3, 0.4) is 0 Å². The largest absolute Gasteiger partial charge is 0.0795 e. The molecule has 3 aliphatic carbocycles. The molecule has 0 aromatic heterocycles. The van der Waals surface area contributed by atoms with Gasteiger partial charge in [0.1, 0.15) is 0 Å². The molecule has 0 heteroatoms. The van der Waals surface area contributed by atoms with Crippen LogP contribution >= 0.6 is 0 Å². The van der Waals surface area contributed by atoms with Gasteiger partial charge < -0.3 is 0 Å². The van der Waals surface area contributed by atoms with Gasteiger partial charge >= 0.3 is 0 Å². The predicted molar refractivity (Wildman–Crippen MR) is 183 cm³/mol. The van der Waals surface area contributed by atoms with Gasteiger partial charge in [0.05, 0.1) is 0 Å². The van der Waals surface area contributed by atoms with Crippen molar-refractivity contribution in [3.05, 3.63) is 184 Å². The summed E-state index contributed by atoms with van der Waals surface area (Å²) in [5.74, 6) is 0. The van der Waals surface area contributed by atoms with Crippen molar-refractivity contribution in [2.24, 2.45) is 0 Å². The Bertz CT molecular complexity index is 2460. The van der Waals surface area contributed by atoms with E-state index in [9.17, 15) is 0 Å². The van der Waals surface area contributed by atoms with Crippen LogP contribution in [-0.2, 0) is 6.42 Å². The van der Waals surface area contributed by atoms with Gasteiger partial charge in [0, 0.05) is 0 Å². The molecule has 0 N–H and O–H groups in total. The minimum Gasteiger partial charge on any atom is -0.0795 e. The Hall–Kier alpha value is -5.46. The van der Waals surface area contributed by atoms with E-state index in [4.69, 9.17) is 0 Å². The summed E-state index contributed by atoms with van der Waals surface area (Å²) in [6.07, 6.45) is 5.65. The van der Waals surface area contributed by atoms with Gasteiger partial charge in [-0.3, -0.25) is 0 Å². The van der Waals surface area contributed by atoms with Crippen molar-refractivity contribution in [3.63, 3.8) is 0 Å². The zero-order chi connectivity index (χ0) is 28.1. The second-order valence-electron chi connectivity index (χ2n) is 11.9. The van der Waals surface area contributed by atoms with E-state index >= 15 is 0 Å². The average Bonchev–Trinajstić information content (AvgIpc) is 3.77. The summed E-state index contributed by atoms with van der Waals surface area (Å²) in [6.45, 7) is 0. The lowest BCUT2D eigenvalue weighted by Gasteiger charge is -2.17. The summed E-state index contributed by atoms with van der Waals surface area (Å²) in [6, 6.07) is 49.8.